The number of nitrogens with one attached hydrogen (secondary N) is 3. The van der Waals surface area contributed by atoms with Crippen molar-refractivity contribution in [2.24, 2.45) is 5.92 Å². The molecule has 1 amide bonds. The topological polar surface area (TPSA) is 110 Å². The second-order valence-corrected chi connectivity index (χ2v) is 13.0. The van der Waals surface area contributed by atoms with Crippen LogP contribution in [0.2, 0.25) is 10.0 Å². The van der Waals surface area contributed by atoms with Crippen LogP contribution in [0.1, 0.15) is 48.9 Å². The summed E-state index contributed by atoms with van der Waals surface area (Å²) in [4.78, 5) is 25.8. The minimum Gasteiger partial charge on any atom is -0.481 e. The van der Waals surface area contributed by atoms with Gasteiger partial charge < -0.3 is 25.4 Å². The Kier molecular flexibility index (Phi) is 10.6. The van der Waals surface area contributed by atoms with Crippen LogP contribution in [0.25, 0.3) is 33.6 Å². The lowest BCUT2D eigenvalue weighted by Crippen LogP contribution is -2.35. The predicted molar refractivity (Wildman–Crippen MR) is 186 cm³/mol. The van der Waals surface area contributed by atoms with Crippen LogP contribution in [0, 0.1) is 12.8 Å². The van der Waals surface area contributed by atoms with Gasteiger partial charge in [0.1, 0.15) is 5.69 Å². The van der Waals surface area contributed by atoms with Gasteiger partial charge in [0.15, 0.2) is 0 Å². The highest BCUT2D eigenvalue weighted by molar-refractivity contribution is 6.39. The molecule has 2 aliphatic rings. The average Bonchev–Trinajstić information content (AvgIpc) is 3.47. The third kappa shape index (κ3) is 7.38. The molecule has 0 spiro atoms. The summed E-state index contributed by atoms with van der Waals surface area (Å²) in [6.07, 6.45) is 7.02. The molecule has 11 heteroatoms. The number of amides is 1. The standard InChI is InChI=1S/C36H40Cl2N6O3/c1-21-15-29(43-35(46-2)28(21)18-39-16-22-7-4-8-22)26-11-5-9-24(33(26)37)25-10-6-12-27(34(25)38)30-20-41-31(36(44-30)47-3)19-40-17-23-13-14-32(45)42-23/h5-6,9-12,15,20,22-23,39-40H,4,7-8,13-14,16-19H2,1-3H3,(H,42,45). The number of aryl methyl sites for hydroxylation is 1. The van der Waals surface area contributed by atoms with Gasteiger partial charge in [0.2, 0.25) is 17.7 Å². The number of carbonyl (C=O) groups is 1. The van der Waals surface area contributed by atoms with Gasteiger partial charge in [-0.3, -0.25) is 9.78 Å². The van der Waals surface area contributed by atoms with Crippen LogP contribution in [0.3, 0.4) is 0 Å². The number of aromatic nitrogens is 3. The van der Waals surface area contributed by atoms with E-state index in [0.717, 1.165) is 52.4 Å². The Labute approximate surface area is 285 Å². The van der Waals surface area contributed by atoms with Gasteiger partial charge in [-0.05, 0) is 50.3 Å². The molecule has 6 rings (SSSR count). The fourth-order valence-corrected chi connectivity index (χ4v) is 6.82. The van der Waals surface area contributed by atoms with E-state index in [-0.39, 0.29) is 11.9 Å². The molecule has 1 unspecified atom stereocenters. The van der Waals surface area contributed by atoms with E-state index < -0.39 is 0 Å². The van der Waals surface area contributed by atoms with Crippen LogP contribution in [0.15, 0.2) is 48.7 Å². The SMILES string of the molecule is COc1nc(-c2cccc(-c3cccc(-c4cc(C)c(CNCC5CCC5)c(OC)n4)c3Cl)c2Cl)cnc1CNCC1CCC(=O)N1. The fourth-order valence-electron chi connectivity index (χ4n) is 6.17. The monoisotopic (exact) mass is 674 g/mol. The average molecular weight is 676 g/mol. The molecule has 4 aromatic rings. The van der Waals surface area contributed by atoms with Gasteiger partial charge in [0.25, 0.3) is 0 Å². The van der Waals surface area contributed by atoms with Crippen molar-refractivity contribution in [3.05, 3.63) is 75.5 Å². The Morgan fingerprint density at radius 3 is 2.11 bits per heavy atom. The lowest BCUT2D eigenvalue weighted by atomic mass is 9.85. The second kappa shape index (κ2) is 15.0. The summed E-state index contributed by atoms with van der Waals surface area (Å²) in [5.41, 5.74) is 7.16. The Bertz CT molecular complexity index is 1760. The molecule has 3 N–H and O–H groups in total. The van der Waals surface area contributed by atoms with Crippen molar-refractivity contribution in [3.8, 4) is 45.4 Å². The number of nitrogens with zero attached hydrogens (tertiary/aromatic N) is 3. The van der Waals surface area contributed by atoms with E-state index in [1.807, 2.05) is 36.4 Å². The number of hydrogen-bond donors (Lipinski definition) is 3. The van der Waals surface area contributed by atoms with E-state index in [1.165, 1.54) is 19.3 Å². The van der Waals surface area contributed by atoms with Crippen molar-refractivity contribution in [2.75, 3.05) is 27.3 Å². The summed E-state index contributed by atoms with van der Waals surface area (Å²) >= 11 is 14.2. The van der Waals surface area contributed by atoms with Crippen LogP contribution < -0.4 is 25.4 Å². The molecule has 2 aromatic heterocycles. The smallest absolute Gasteiger partial charge is 0.237 e. The highest BCUT2D eigenvalue weighted by Gasteiger charge is 2.22. The highest BCUT2D eigenvalue weighted by atomic mass is 35.5. The van der Waals surface area contributed by atoms with Crippen LogP contribution in [-0.2, 0) is 17.9 Å². The molecule has 47 heavy (non-hydrogen) atoms. The van der Waals surface area contributed by atoms with Crippen molar-refractivity contribution in [1.29, 1.82) is 0 Å². The first kappa shape index (κ1) is 33.2. The molecule has 2 aromatic carbocycles. The Morgan fingerprint density at radius 2 is 1.49 bits per heavy atom. The van der Waals surface area contributed by atoms with E-state index in [9.17, 15) is 4.79 Å². The van der Waals surface area contributed by atoms with Crippen LogP contribution in [-0.4, -0.2) is 54.2 Å². The van der Waals surface area contributed by atoms with Crippen LogP contribution in [0.5, 0.6) is 11.8 Å². The molecule has 2 fully saturated rings. The number of hydrogen-bond acceptors (Lipinski definition) is 8. The van der Waals surface area contributed by atoms with Crippen LogP contribution >= 0.6 is 23.2 Å². The second-order valence-electron chi connectivity index (χ2n) is 12.2. The summed E-state index contributed by atoms with van der Waals surface area (Å²) in [5, 5.41) is 10.9. The summed E-state index contributed by atoms with van der Waals surface area (Å²) < 4.78 is 11.3. The molecule has 1 saturated heterocycles. The third-order valence-corrected chi connectivity index (χ3v) is 9.89. The third-order valence-electron chi connectivity index (χ3n) is 9.07. The first-order chi connectivity index (χ1) is 22.9. The number of halogens is 2. The molecule has 1 aliphatic carbocycles. The molecule has 0 radical (unpaired) electrons. The molecule has 246 valence electrons. The van der Waals surface area contributed by atoms with Crippen molar-refractivity contribution >= 4 is 29.1 Å². The molecule has 1 atom stereocenters. The maximum atomic E-state index is 11.5. The van der Waals surface area contributed by atoms with Crippen molar-refractivity contribution < 1.29 is 14.3 Å². The summed E-state index contributed by atoms with van der Waals surface area (Å²) in [6.45, 7) is 4.91. The first-order valence-corrected chi connectivity index (χ1v) is 16.8. The lowest BCUT2D eigenvalue weighted by Gasteiger charge is -2.25. The molecule has 1 aliphatic heterocycles. The lowest BCUT2D eigenvalue weighted by molar-refractivity contribution is -0.119. The number of methoxy groups -OCH3 is 2. The van der Waals surface area contributed by atoms with Crippen molar-refractivity contribution in [3.63, 3.8) is 0 Å². The quantitative estimate of drug-likeness (QED) is 0.143. The minimum atomic E-state index is 0.0916. The van der Waals surface area contributed by atoms with E-state index in [2.05, 4.69) is 33.9 Å². The Morgan fingerprint density at radius 1 is 0.851 bits per heavy atom. The van der Waals surface area contributed by atoms with Gasteiger partial charge >= 0.3 is 0 Å². The molecule has 3 heterocycles. The minimum absolute atomic E-state index is 0.0916. The Hall–Kier alpha value is -3.76. The van der Waals surface area contributed by atoms with Gasteiger partial charge in [0, 0.05) is 59.9 Å². The number of carbonyl (C=O) groups excluding carboxylic acids is 1. The zero-order valence-corrected chi connectivity index (χ0v) is 28.5. The van der Waals surface area contributed by atoms with Crippen molar-refractivity contribution in [1.82, 2.24) is 30.9 Å². The van der Waals surface area contributed by atoms with Gasteiger partial charge in [-0.25, -0.2) is 9.97 Å². The number of ether oxygens (including phenoxy) is 2. The summed E-state index contributed by atoms with van der Waals surface area (Å²) in [7, 11) is 3.23. The molecular formula is C36H40Cl2N6O3. The van der Waals surface area contributed by atoms with Crippen molar-refractivity contribution in [2.45, 2.75) is 58.2 Å². The largest absolute Gasteiger partial charge is 0.481 e. The highest BCUT2D eigenvalue weighted by Crippen LogP contribution is 2.42. The van der Waals surface area contributed by atoms with E-state index in [0.29, 0.717) is 64.8 Å². The predicted octanol–water partition coefficient (Wildman–Crippen LogP) is 6.76. The zero-order chi connectivity index (χ0) is 32.9. The van der Waals surface area contributed by atoms with E-state index >= 15 is 0 Å². The first-order valence-electron chi connectivity index (χ1n) is 16.1. The van der Waals surface area contributed by atoms with Gasteiger partial charge in [-0.2, -0.15) is 0 Å². The summed E-state index contributed by atoms with van der Waals surface area (Å²) in [6, 6.07) is 13.8. The number of pyridine rings is 1. The van der Waals surface area contributed by atoms with Gasteiger partial charge in [-0.1, -0.05) is 66.0 Å². The molecule has 1 saturated carbocycles. The van der Waals surface area contributed by atoms with E-state index in [1.54, 1.807) is 20.4 Å². The number of benzene rings is 2. The molecule has 9 nitrogen and oxygen atoms in total. The van der Waals surface area contributed by atoms with Gasteiger partial charge in [-0.15, -0.1) is 0 Å². The number of rotatable bonds is 13. The van der Waals surface area contributed by atoms with Gasteiger partial charge in [0.05, 0.1) is 41.8 Å². The molecular weight excluding hydrogens is 635 g/mol. The zero-order valence-electron chi connectivity index (χ0n) is 27.0. The van der Waals surface area contributed by atoms with Crippen LogP contribution in [0.4, 0.5) is 0 Å². The van der Waals surface area contributed by atoms with E-state index in [4.69, 9.17) is 42.6 Å². The normalized spacial score (nSPS) is 16.2. The fraction of sp³-hybridized carbons (Fsp3) is 0.389. The Balaban J connectivity index is 1.24. The molecule has 0 bridgehead atoms. The summed E-state index contributed by atoms with van der Waals surface area (Å²) in [5.74, 6) is 1.87. The maximum Gasteiger partial charge on any atom is 0.237 e. The maximum absolute atomic E-state index is 11.5.